The first-order chi connectivity index (χ1) is 9.47. The van der Waals surface area contributed by atoms with E-state index in [4.69, 9.17) is 22.7 Å². The quantitative estimate of drug-likeness (QED) is 0.645. The summed E-state index contributed by atoms with van der Waals surface area (Å²) >= 11 is 9.51. The summed E-state index contributed by atoms with van der Waals surface area (Å²) in [5, 5.41) is 8.29. The fraction of sp³-hybridized carbons (Fsp3) is 0.133. The second-order valence-corrected chi connectivity index (χ2v) is 5.91. The zero-order chi connectivity index (χ0) is 14.7. The largest absolute Gasteiger partial charge is 0.384 e. The lowest BCUT2D eigenvalue weighted by Gasteiger charge is -2.22. The Morgan fingerprint density at radius 1 is 1.30 bits per heavy atom. The van der Waals surface area contributed by atoms with Gasteiger partial charge in [0.25, 0.3) is 0 Å². The Morgan fingerprint density at radius 3 is 2.70 bits per heavy atom. The Labute approximate surface area is 132 Å². The summed E-state index contributed by atoms with van der Waals surface area (Å²) in [7, 11) is 1.96. The maximum Gasteiger partial charge on any atom is 0.124 e. The van der Waals surface area contributed by atoms with Gasteiger partial charge in [-0.25, -0.2) is 0 Å². The minimum atomic E-state index is 0.0396. The van der Waals surface area contributed by atoms with Crippen LogP contribution in [0.1, 0.15) is 11.1 Å². The van der Waals surface area contributed by atoms with Crippen molar-refractivity contribution in [2.45, 2.75) is 6.54 Å². The number of nitrogens with one attached hydrogen (secondary N) is 1. The minimum absolute atomic E-state index is 0.0396. The maximum atomic E-state index is 7.65. The summed E-state index contributed by atoms with van der Waals surface area (Å²) in [6.07, 6.45) is 0. The number of hydrogen-bond donors (Lipinski definition) is 2. The molecule has 0 unspecified atom stereocenters. The summed E-state index contributed by atoms with van der Waals surface area (Å²) in [6, 6.07) is 13.5. The highest BCUT2D eigenvalue weighted by molar-refractivity contribution is 9.10. The van der Waals surface area contributed by atoms with Gasteiger partial charge in [-0.15, -0.1) is 0 Å². The monoisotopic (exact) mass is 351 g/mol. The standard InChI is InChI=1S/C15H15BrClN3/c1-20(9-10-3-2-4-11(16)7-10)14-8-12(17)5-6-13(14)15(18)19/h2-8H,9H2,1H3,(H3,18,19). The Hall–Kier alpha value is -1.52. The third-order valence-corrected chi connectivity index (χ3v) is 3.70. The van der Waals surface area contributed by atoms with Crippen molar-refractivity contribution in [2.24, 2.45) is 5.73 Å². The molecular formula is C15H15BrClN3. The van der Waals surface area contributed by atoms with Gasteiger partial charge >= 0.3 is 0 Å². The molecule has 0 aliphatic carbocycles. The molecule has 0 bridgehead atoms. The highest BCUT2D eigenvalue weighted by Gasteiger charge is 2.11. The van der Waals surface area contributed by atoms with Crippen LogP contribution in [0.3, 0.4) is 0 Å². The third-order valence-electron chi connectivity index (χ3n) is 2.97. The van der Waals surface area contributed by atoms with Crippen LogP contribution in [0.15, 0.2) is 46.9 Å². The first kappa shape index (κ1) is 14.9. The van der Waals surface area contributed by atoms with E-state index in [0.29, 0.717) is 17.1 Å². The van der Waals surface area contributed by atoms with Crippen LogP contribution >= 0.6 is 27.5 Å². The van der Waals surface area contributed by atoms with Crippen LogP contribution in [-0.4, -0.2) is 12.9 Å². The number of halogens is 2. The fourth-order valence-electron chi connectivity index (χ4n) is 2.04. The van der Waals surface area contributed by atoms with Crippen LogP contribution in [0, 0.1) is 5.41 Å². The Balaban J connectivity index is 2.31. The molecule has 5 heteroatoms. The van der Waals surface area contributed by atoms with Crippen molar-refractivity contribution in [3.8, 4) is 0 Å². The van der Waals surface area contributed by atoms with Gasteiger partial charge in [0.2, 0.25) is 0 Å². The number of nitrogens with zero attached hydrogens (tertiary/aromatic N) is 1. The average Bonchev–Trinajstić information content (AvgIpc) is 2.38. The molecule has 0 spiro atoms. The van der Waals surface area contributed by atoms with Crippen molar-refractivity contribution in [2.75, 3.05) is 11.9 Å². The highest BCUT2D eigenvalue weighted by atomic mass is 79.9. The molecule has 0 aliphatic rings. The van der Waals surface area contributed by atoms with E-state index in [-0.39, 0.29) is 5.84 Å². The zero-order valence-corrected chi connectivity index (χ0v) is 13.4. The number of nitrogens with two attached hydrogens (primary N) is 1. The molecule has 104 valence electrons. The van der Waals surface area contributed by atoms with Crippen molar-refractivity contribution < 1.29 is 0 Å². The fourth-order valence-corrected chi connectivity index (χ4v) is 2.66. The molecule has 0 radical (unpaired) electrons. The highest BCUT2D eigenvalue weighted by Crippen LogP contribution is 2.25. The van der Waals surface area contributed by atoms with Crippen LogP contribution < -0.4 is 10.6 Å². The van der Waals surface area contributed by atoms with Crippen molar-refractivity contribution in [1.29, 1.82) is 5.41 Å². The first-order valence-corrected chi connectivity index (χ1v) is 7.24. The van der Waals surface area contributed by atoms with E-state index in [1.807, 2.05) is 30.1 Å². The van der Waals surface area contributed by atoms with Gasteiger partial charge in [-0.3, -0.25) is 5.41 Å². The van der Waals surface area contributed by atoms with E-state index in [2.05, 4.69) is 28.1 Å². The normalized spacial score (nSPS) is 10.3. The second kappa shape index (κ2) is 6.29. The van der Waals surface area contributed by atoms with Crippen molar-refractivity contribution in [3.05, 3.63) is 63.1 Å². The van der Waals surface area contributed by atoms with Crippen LogP contribution in [0.2, 0.25) is 5.02 Å². The number of anilines is 1. The molecule has 0 heterocycles. The first-order valence-electron chi connectivity index (χ1n) is 6.07. The minimum Gasteiger partial charge on any atom is -0.384 e. The summed E-state index contributed by atoms with van der Waals surface area (Å²) < 4.78 is 1.04. The summed E-state index contributed by atoms with van der Waals surface area (Å²) in [5.41, 5.74) is 8.33. The molecule has 0 atom stereocenters. The van der Waals surface area contributed by atoms with Crippen LogP contribution in [0.25, 0.3) is 0 Å². The van der Waals surface area contributed by atoms with E-state index < -0.39 is 0 Å². The van der Waals surface area contributed by atoms with Gasteiger partial charge in [0.15, 0.2) is 0 Å². The number of hydrogen-bond acceptors (Lipinski definition) is 2. The molecule has 3 nitrogen and oxygen atoms in total. The molecule has 2 aromatic rings. The average molecular weight is 353 g/mol. The molecule has 2 rings (SSSR count). The number of benzene rings is 2. The van der Waals surface area contributed by atoms with Crippen molar-refractivity contribution in [3.63, 3.8) is 0 Å². The van der Waals surface area contributed by atoms with E-state index in [1.165, 1.54) is 0 Å². The predicted octanol–water partition coefficient (Wildman–Crippen LogP) is 4.02. The molecule has 20 heavy (non-hydrogen) atoms. The van der Waals surface area contributed by atoms with E-state index >= 15 is 0 Å². The molecular weight excluding hydrogens is 338 g/mol. The molecule has 0 saturated carbocycles. The third kappa shape index (κ3) is 3.52. The van der Waals surface area contributed by atoms with Gasteiger partial charge in [0.1, 0.15) is 5.84 Å². The molecule has 0 aliphatic heterocycles. The topological polar surface area (TPSA) is 53.1 Å². The maximum absolute atomic E-state index is 7.65. The van der Waals surface area contributed by atoms with Crippen LogP contribution in [0.5, 0.6) is 0 Å². The summed E-state index contributed by atoms with van der Waals surface area (Å²) in [4.78, 5) is 2.03. The molecule has 0 fully saturated rings. The summed E-state index contributed by atoms with van der Waals surface area (Å²) in [5.74, 6) is 0.0396. The van der Waals surface area contributed by atoms with Gasteiger partial charge in [0, 0.05) is 34.3 Å². The molecule has 2 aromatic carbocycles. The van der Waals surface area contributed by atoms with Crippen LogP contribution in [0.4, 0.5) is 5.69 Å². The smallest absolute Gasteiger partial charge is 0.124 e. The van der Waals surface area contributed by atoms with Crippen molar-refractivity contribution >= 4 is 39.1 Å². The SMILES string of the molecule is CN(Cc1cccc(Br)c1)c1cc(Cl)ccc1C(=N)N. The number of nitrogen functional groups attached to an aromatic ring is 1. The lowest BCUT2D eigenvalue weighted by Crippen LogP contribution is -2.22. The van der Waals surface area contributed by atoms with E-state index in [9.17, 15) is 0 Å². The number of amidine groups is 1. The Bertz CT molecular complexity index is 643. The summed E-state index contributed by atoms with van der Waals surface area (Å²) in [6.45, 7) is 0.708. The van der Waals surface area contributed by atoms with Gasteiger partial charge in [-0.1, -0.05) is 39.7 Å². The molecule has 0 saturated heterocycles. The predicted molar refractivity (Wildman–Crippen MR) is 88.7 cm³/mol. The van der Waals surface area contributed by atoms with Gasteiger partial charge in [-0.2, -0.15) is 0 Å². The zero-order valence-electron chi connectivity index (χ0n) is 11.0. The Morgan fingerprint density at radius 2 is 2.05 bits per heavy atom. The lowest BCUT2D eigenvalue weighted by atomic mass is 10.1. The second-order valence-electron chi connectivity index (χ2n) is 4.56. The molecule has 0 amide bonds. The number of rotatable bonds is 4. The van der Waals surface area contributed by atoms with E-state index in [0.717, 1.165) is 15.7 Å². The molecule has 0 aromatic heterocycles. The van der Waals surface area contributed by atoms with Gasteiger partial charge in [0.05, 0.1) is 0 Å². The van der Waals surface area contributed by atoms with Crippen molar-refractivity contribution in [1.82, 2.24) is 0 Å². The van der Waals surface area contributed by atoms with E-state index in [1.54, 1.807) is 12.1 Å². The van der Waals surface area contributed by atoms with Crippen LogP contribution in [-0.2, 0) is 6.54 Å². The van der Waals surface area contributed by atoms with Gasteiger partial charge in [-0.05, 0) is 35.9 Å². The Kier molecular flexibility index (Phi) is 4.68. The van der Waals surface area contributed by atoms with Gasteiger partial charge < -0.3 is 10.6 Å². The lowest BCUT2D eigenvalue weighted by molar-refractivity contribution is 0.920. The molecule has 3 N–H and O–H groups in total.